The lowest BCUT2D eigenvalue weighted by Crippen LogP contribution is -2.34. The highest BCUT2D eigenvalue weighted by molar-refractivity contribution is 7.80. The summed E-state index contributed by atoms with van der Waals surface area (Å²) in [5, 5.41) is 5.73. The van der Waals surface area contributed by atoms with Crippen molar-refractivity contribution in [2.75, 3.05) is 5.32 Å². The van der Waals surface area contributed by atoms with Crippen molar-refractivity contribution in [1.29, 1.82) is 0 Å². The highest BCUT2D eigenvalue weighted by Crippen LogP contribution is 2.22. The average Bonchev–Trinajstić information content (AvgIpc) is 2.68. The van der Waals surface area contributed by atoms with Crippen LogP contribution in [0.4, 0.5) is 5.69 Å². The van der Waals surface area contributed by atoms with Crippen molar-refractivity contribution in [2.24, 2.45) is 5.84 Å². The van der Waals surface area contributed by atoms with Crippen LogP contribution in [0.25, 0.3) is 10.8 Å². The number of hydrogen-bond donors (Lipinski definition) is 3. The standard InChI is InChI=1S/C11H11N3S.C8H8O2/c12-14-11(15)13-10-7-3-5-8-4-1-2-6-9(8)10;9-7-10-6-8-4-2-1-3-5-8/h1-7H,12H2,(H2,13,14,15);1-5,7H,6H2. The molecule has 4 N–H and O–H groups in total. The number of nitrogens with one attached hydrogen (secondary N) is 2. The van der Waals surface area contributed by atoms with Gasteiger partial charge in [-0.1, -0.05) is 66.7 Å². The molecule has 0 aliphatic rings. The number of ether oxygens (including phenoxy) is 1. The Morgan fingerprint density at radius 3 is 2.40 bits per heavy atom. The number of anilines is 1. The number of fused-ring (bicyclic) bond motifs is 1. The van der Waals surface area contributed by atoms with E-state index in [9.17, 15) is 4.79 Å². The molecule has 6 heteroatoms. The van der Waals surface area contributed by atoms with Crippen LogP contribution in [0.15, 0.2) is 72.8 Å². The molecule has 3 rings (SSSR count). The van der Waals surface area contributed by atoms with Crippen molar-refractivity contribution in [3.63, 3.8) is 0 Å². The number of benzene rings is 3. The molecule has 25 heavy (non-hydrogen) atoms. The topological polar surface area (TPSA) is 76.4 Å². The summed E-state index contributed by atoms with van der Waals surface area (Å²) in [7, 11) is 0. The first-order chi connectivity index (χ1) is 12.2. The SMILES string of the molecule is NNC(=S)Nc1cccc2ccccc12.O=COCc1ccccc1. The number of thiocarbonyl (C=S) groups is 1. The molecule has 0 saturated carbocycles. The van der Waals surface area contributed by atoms with E-state index in [0.717, 1.165) is 16.6 Å². The summed E-state index contributed by atoms with van der Waals surface area (Å²) < 4.78 is 4.54. The molecule has 0 aliphatic carbocycles. The van der Waals surface area contributed by atoms with Crippen molar-refractivity contribution in [3.05, 3.63) is 78.4 Å². The largest absolute Gasteiger partial charge is 0.463 e. The van der Waals surface area contributed by atoms with E-state index in [1.807, 2.05) is 60.7 Å². The van der Waals surface area contributed by atoms with Gasteiger partial charge in [-0.3, -0.25) is 4.79 Å². The van der Waals surface area contributed by atoms with E-state index in [-0.39, 0.29) is 0 Å². The smallest absolute Gasteiger partial charge is 0.293 e. The number of carbonyl (C=O) groups is 1. The lowest BCUT2D eigenvalue weighted by molar-refractivity contribution is -0.129. The summed E-state index contributed by atoms with van der Waals surface area (Å²) in [6.45, 7) is 0.817. The van der Waals surface area contributed by atoms with Gasteiger partial charge in [-0.25, -0.2) is 5.84 Å². The van der Waals surface area contributed by atoms with Gasteiger partial charge in [-0.2, -0.15) is 0 Å². The minimum absolute atomic E-state index is 0.365. The maximum absolute atomic E-state index is 9.76. The van der Waals surface area contributed by atoms with E-state index in [1.165, 1.54) is 5.39 Å². The molecule has 128 valence electrons. The summed E-state index contributed by atoms with van der Waals surface area (Å²) in [5.41, 5.74) is 4.36. The van der Waals surface area contributed by atoms with E-state index in [4.69, 9.17) is 18.1 Å². The van der Waals surface area contributed by atoms with Crippen LogP contribution in [0.3, 0.4) is 0 Å². The fourth-order valence-corrected chi connectivity index (χ4v) is 2.31. The number of rotatable bonds is 4. The molecule has 3 aromatic rings. The maximum Gasteiger partial charge on any atom is 0.293 e. The minimum atomic E-state index is 0.365. The average molecular weight is 353 g/mol. The first-order valence-electron chi connectivity index (χ1n) is 7.59. The van der Waals surface area contributed by atoms with E-state index < -0.39 is 0 Å². The first kappa shape index (κ1) is 18.4. The Balaban J connectivity index is 0.000000196. The number of hydrogen-bond acceptors (Lipinski definition) is 4. The second kappa shape index (κ2) is 10.0. The molecule has 0 unspecified atom stereocenters. The van der Waals surface area contributed by atoms with Gasteiger partial charge in [0.25, 0.3) is 6.47 Å². The predicted octanol–water partition coefficient (Wildman–Crippen LogP) is 3.36. The molecule has 0 radical (unpaired) electrons. The fourth-order valence-electron chi connectivity index (χ4n) is 2.20. The summed E-state index contributed by atoms with van der Waals surface area (Å²) in [6, 6.07) is 23.6. The second-order valence-corrected chi connectivity index (χ2v) is 5.43. The molecule has 5 nitrogen and oxygen atoms in total. The molecule has 0 spiro atoms. The molecule has 0 saturated heterocycles. The Kier molecular flexibility index (Phi) is 7.37. The number of hydrazine groups is 1. The molecular weight excluding hydrogens is 334 g/mol. The zero-order valence-electron chi connectivity index (χ0n) is 13.5. The summed E-state index contributed by atoms with van der Waals surface area (Å²) in [5.74, 6) is 5.21. The van der Waals surface area contributed by atoms with E-state index in [0.29, 0.717) is 18.2 Å². The summed E-state index contributed by atoms with van der Waals surface area (Å²) in [6.07, 6.45) is 0. The molecule has 0 aromatic heterocycles. The normalized spacial score (nSPS) is 9.48. The molecule has 0 bridgehead atoms. The van der Waals surface area contributed by atoms with E-state index >= 15 is 0 Å². The van der Waals surface area contributed by atoms with Gasteiger partial charge < -0.3 is 15.5 Å². The van der Waals surface area contributed by atoms with E-state index in [1.54, 1.807) is 0 Å². The lowest BCUT2D eigenvalue weighted by atomic mass is 10.1. The van der Waals surface area contributed by atoms with Gasteiger partial charge in [-0.15, -0.1) is 0 Å². The van der Waals surface area contributed by atoms with E-state index in [2.05, 4.69) is 27.6 Å². The van der Waals surface area contributed by atoms with Crippen LogP contribution in [0.5, 0.6) is 0 Å². The zero-order chi connectivity index (χ0) is 17.9. The highest BCUT2D eigenvalue weighted by atomic mass is 32.1. The number of carbonyl (C=O) groups excluding carboxylic acids is 1. The maximum atomic E-state index is 9.76. The van der Waals surface area contributed by atoms with Crippen LogP contribution >= 0.6 is 12.2 Å². The molecule has 0 atom stereocenters. The molecule has 3 aromatic carbocycles. The quantitative estimate of drug-likeness (QED) is 0.289. The van der Waals surface area contributed by atoms with Crippen molar-refractivity contribution >= 4 is 40.3 Å². The second-order valence-electron chi connectivity index (χ2n) is 5.02. The number of nitrogens with two attached hydrogens (primary N) is 1. The third-order valence-corrected chi connectivity index (χ3v) is 3.55. The van der Waals surface area contributed by atoms with Crippen LogP contribution in [0.2, 0.25) is 0 Å². The molecule has 0 fully saturated rings. The fraction of sp³-hybridized carbons (Fsp3) is 0.0526. The third-order valence-electron chi connectivity index (χ3n) is 3.33. The Morgan fingerprint density at radius 1 is 1.00 bits per heavy atom. The summed E-state index contributed by atoms with van der Waals surface area (Å²) >= 11 is 4.95. The first-order valence-corrected chi connectivity index (χ1v) is 8.00. The van der Waals surface area contributed by atoms with Gasteiger partial charge in [0.15, 0.2) is 5.11 Å². The molecule has 0 amide bonds. The van der Waals surface area contributed by atoms with Crippen LogP contribution in [-0.2, 0) is 16.1 Å². The van der Waals surface area contributed by atoms with Crippen LogP contribution in [0, 0.1) is 0 Å². The van der Waals surface area contributed by atoms with Crippen molar-refractivity contribution in [3.8, 4) is 0 Å². The van der Waals surface area contributed by atoms with Crippen LogP contribution < -0.4 is 16.6 Å². The highest BCUT2D eigenvalue weighted by Gasteiger charge is 2.00. The predicted molar refractivity (Wildman–Crippen MR) is 105 cm³/mol. The van der Waals surface area contributed by atoms with Gasteiger partial charge in [0.05, 0.1) is 0 Å². The summed E-state index contributed by atoms with van der Waals surface area (Å²) in [4.78, 5) is 9.76. The monoisotopic (exact) mass is 353 g/mol. The Labute approximate surface area is 151 Å². The Morgan fingerprint density at radius 2 is 1.68 bits per heavy atom. The van der Waals surface area contributed by atoms with Crippen molar-refractivity contribution < 1.29 is 9.53 Å². The lowest BCUT2D eigenvalue weighted by Gasteiger charge is -2.09. The van der Waals surface area contributed by atoms with Crippen LogP contribution in [-0.4, -0.2) is 11.6 Å². The molecular formula is C19H19N3O2S. The molecule has 0 aliphatic heterocycles. The Bertz CT molecular complexity index is 820. The molecule has 0 heterocycles. The van der Waals surface area contributed by atoms with Gasteiger partial charge in [0.2, 0.25) is 0 Å². The van der Waals surface area contributed by atoms with Crippen molar-refractivity contribution in [1.82, 2.24) is 5.43 Å². The Hall–Kier alpha value is -2.96. The van der Waals surface area contributed by atoms with Gasteiger partial charge in [0.1, 0.15) is 6.61 Å². The van der Waals surface area contributed by atoms with Crippen molar-refractivity contribution in [2.45, 2.75) is 6.61 Å². The minimum Gasteiger partial charge on any atom is -0.463 e. The van der Waals surface area contributed by atoms with Gasteiger partial charge in [0, 0.05) is 11.1 Å². The van der Waals surface area contributed by atoms with Gasteiger partial charge in [-0.05, 0) is 29.2 Å². The third kappa shape index (κ3) is 5.87. The zero-order valence-corrected chi connectivity index (χ0v) is 14.3. The van der Waals surface area contributed by atoms with Crippen LogP contribution in [0.1, 0.15) is 5.56 Å². The van der Waals surface area contributed by atoms with Gasteiger partial charge >= 0.3 is 0 Å².